The summed E-state index contributed by atoms with van der Waals surface area (Å²) in [6.07, 6.45) is 1.20. The molecule has 1 aromatic rings. The fourth-order valence-corrected chi connectivity index (χ4v) is 1.67. The molecular weight excluding hydrogens is 184 g/mol. The van der Waals surface area contributed by atoms with Crippen molar-refractivity contribution in [2.24, 2.45) is 0 Å². The second kappa shape index (κ2) is 3.50. The van der Waals surface area contributed by atoms with E-state index in [2.05, 4.69) is 6.07 Å². The molecule has 13 heavy (non-hydrogen) atoms. The summed E-state index contributed by atoms with van der Waals surface area (Å²) in [7, 11) is -3.11. The molecule has 3 heteroatoms. The van der Waals surface area contributed by atoms with Gasteiger partial charge >= 0.3 is 0 Å². The van der Waals surface area contributed by atoms with Crippen molar-refractivity contribution in [2.45, 2.75) is 24.7 Å². The first-order valence-electron chi connectivity index (χ1n) is 4.13. The molecule has 0 fully saturated rings. The standard InChI is InChI=1S/C10H13O2S/c1-8(2)9-5-4-6-10(7-9)13(3,11)12/h4-5,7-8H,1-3H3. The van der Waals surface area contributed by atoms with Gasteiger partial charge in [0.1, 0.15) is 0 Å². The van der Waals surface area contributed by atoms with E-state index in [4.69, 9.17) is 0 Å². The molecule has 0 aliphatic carbocycles. The van der Waals surface area contributed by atoms with E-state index in [0.717, 1.165) is 5.56 Å². The summed E-state index contributed by atoms with van der Waals surface area (Å²) in [4.78, 5) is 0.277. The van der Waals surface area contributed by atoms with Crippen molar-refractivity contribution < 1.29 is 8.42 Å². The van der Waals surface area contributed by atoms with Crippen LogP contribution in [0.2, 0.25) is 0 Å². The van der Waals surface area contributed by atoms with Crippen molar-refractivity contribution in [3.05, 3.63) is 29.8 Å². The number of sulfone groups is 1. The third kappa shape index (κ3) is 2.56. The lowest BCUT2D eigenvalue weighted by Crippen LogP contribution is -1.98. The maximum absolute atomic E-state index is 11.2. The van der Waals surface area contributed by atoms with Gasteiger partial charge in [0.25, 0.3) is 0 Å². The largest absolute Gasteiger partial charge is 0.224 e. The Bertz CT molecular complexity index is 391. The van der Waals surface area contributed by atoms with Crippen LogP contribution in [-0.4, -0.2) is 14.7 Å². The highest BCUT2D eigenvalue weighted by atomic mass is 32.2. The molecule has 0 aliphatic rings. The van der Waals surface area contributed by atoms with E-state index < -0.39 is 9.84 Å². The highest BCUT2D eigenvalue weighted by Crippen LogP contribution is 2.17. The van der Waals surface area contributed by atoms with Crippen molar-refractivity contribution in [1.29, 1.82) is 0 Å². The van der Waals surface area contributed by atoms with Crippen LogP contribution in [0, 0.1) is 6.07 Å². The van der Waals surface area contributed by atoms with E-state index in [1.807, 2.05) is 19.9 Å². The zero-order valence-electron chi connectivity index (χ0n) is 8.03. The van der Waals surface area contributed by atoms with E-state index in [1.54, 1.807) is 12.1 Å². The average molecular weight is 197 g/mol. The van der Waals surface area contributed by atoms with Crippen molar-refractivity contribution in [3.8, 4) is 0 Å². The lowest BCUT2D eigenvalue weighted by atomic mass is 10.0. The van der Waals surface area contributed by atoms with Crippen LogP contribution in [0.25, 0.3) is 0 Å². The van der Waals surface area contributed by atoms with Crippen LogP contribution in [0.1, 0.15) is 25.3 Å². The first kappa shape index (κ1) is 10.3. The Hall–Kier alpha value is -0.830. The average Bonchev–Trinajstić information content (AvgIpc) is 2.03. The van der Waals surface area contributed by atoms with Gasteiger partial charge in [0.05, 0.1) is 4.90 Å². The molecule has 1 rings (SSSR count). The molecule has 1 radical (unpaired) electrons. The minimum atomic E-state index is -3.11. The van der Waals surface area contributed by atoms with Gasteiger partial charge in [0, 0.05) is 12.3 Å². The van der Waals surface area contributed by atoms with E-state index in [0.29, 0.717) is 5.92 Å². The van der Waals surface area contributed by atoms with Gasteiger partial charge in [-0.05, 0) is 17.5 Å². The lowest BCUT2D eigenvalue weighted by molar-refractivity contribution is 0.601. The Morgan fingerprint density at radius 1 is 1.38 bits per heavy atom. The SMILES string of the molecule is CC(C)c1cc[c]c(S(C)(=O)=O)c1. The molecule has 0 unspecified atom stereocenters. The van der Waals surface area contributed by atoms with Gasteiger partial charge in [-0.25, -0.2) is 8.42 Å². The minimum absolute atomic E-state index is 0.277. The van der Waals surface area contributed by atoms with Crippen LogP contribution >= 0.6 is 0 Å². The topological polar surface area (TPSA) is 34.1 Å². The molecule has 0 amide bonds. The fourth-order valence-electron chi connectivity index (χ4n) is 1.03. The van der Waals surface area contributed by atoms with Crippen molar-refractivity contribution in [3.63, 3.8) is 0 Å². The Kier molecular flexibility index (Phi) is 2.76. The summed E-state index contributed by atoms with van der Waals surface area (Å²) in [6, 6.07) is 7.94. The van der Waals surface area contributed by atoms with Crippen LogP contribution in [0.3, 0.4) is 0 Å². The quantitative estimate of drug-likeness (QED) is 0.726. The zero-order chi connectivity index (χ0) is 10.1. The highest BCUT2D eigenvalue weighted by Gasteiger charge is 2.08. The van der Waals surface area contributed by atoms with Crippen molar-refractivity contribution >= 4 is 9.84 Å². The molecule has 0 saturated heterocycles. The van der Waals surface area contributed by atoms with Crippen LogP contribution < -0.4 is 0 Å². The second-order valence-corrected chi connectivity index (χ2v) is 5.40. The van der Waals surface area contributed by atoms with E-state index in [9.17, 15) is 8.42 Å². The Morgan fingerprint density at radius 3 is 2.46 bits per heavy atom. The van der Waals surface area contributed by atoms with Gasteiger partial charge in [0.2, 0.25) is 0 Å². The van der Waals surface area contributed by atoms with Crippen LogP contribution in [-0.2, 0) is 9.84 Å². The van der Waals surface area contributed by atoms with E-state index >= 15 is 0 Å². The lowest BCUT2D eigenvalue weighted by Gasteiger charge is -2.05. The highest BCUT2D eigenvalue weighted by molar-refractivity contribution is 7.90. The summed E-state index contributed by atoms with van der Waals surface area (Å²) in [6.45, 7) is 4.06. The normalized spacial score (nSPS) is 12.0. The maximum atomic E-state index is 11.2. The summed E-state index contributed by atoms with van der Waals surface area (Å²) < 4.78 is 22.4. The molecule has 0 atom stereocenters. The third-order valence-corrected chi connectivity index (χ3v) is 2.90. The molecule has 2 nitrogen and oxygen atoms in total. The van der Waals surface area contributed by atoms with E-state index in [-0.39, 0.29) is 4.90 Å². The summed E-state index contributed by atoms with van der Waals surface area (Å²) in [5, 5.41) is 0. The van der Waals surface area contributed by atoms with E-state index in [1.165, 1.54) is 6.26 Å². The van der Waals surface area contributed by atoms with Crippen LogP contribution in [0.15, 0.2) is 23.1 Å². The summed E-state index contributed by atoms with van der Waals surface area (Å²) in [5.41, 5.74) is 1.03. The minimum Gasteiger partial charge on any atom is -0.224 e. The smallest absolute Gasteiger partial charge is 0.176 e. The monoisotopic (exact) mass is 197 g/mol. The fraction of sp³-hybridized carbons (Fsp3) is 0.400. The number of rotatable bonds is 2. The number of hydrogen-bond acceptors (Lipinski definition) is 2. The maximum Gasteiger partial charge on any atom is 0.176 e. The second-order valence-electron chi connectivity index (χ2n) is 3.41. The van der Waals surface area contributed by atoms with Gasteiger partial charge in [-0.15, -0.1) is 0 Å². The van der Waals surface area contributed by atoms with Gasteiger partial charge in [-0.2, -0.15) is 0 Å². The molecule has 1 aromatic carbocycles. The van der Waals surface area contributed by atoms with Crippen molar-refractivity contribution in [2.75, 3.05) is 6.26 Å². The molecule has 0 heterocycles. The number of hydrogen-bond donors (Lipinski definition) is 0. The van der Waals surface area contributed by atoms with Crippen LogP contribution in [0.5, 0.6) is 0 Å². The molecular formula is C10H13O2S. The first-order chi connectivity index (χ1) is 5.91. The third-order valence-electron chi connectivity index (χ3n) is 1.87. The summed E-state index contributed by atoms with van der Waals surface area (Å²) in [5.74, 6) is 0.343. The molecule has 0 bridgehead atoms. The van der Waals surface area contributed by atoms with Gasteiger partial charge in [0.15, 0.2) is 9.84 Å². The number of benzene rings is 1. The van der Waals surface area contributed by atoms with Gasteiger partial charge in [-0.1, -0.05) is 26.0 Å². The van der Waals surface area contributed by atoms with Crippen molar-refractivity contribution in [1.82, 2.24) is 0 Å². The first-order valence-corrected chi connectivity index (χ1v) is 6.02. The molecule has 0 spiro atoms. The molecule has 71 valence electrons. The Labute approximate surface area is 79.5 Å². The Balaban J connectivity index is 3.21. The van der Waals surface area contributed by atoms with Gasteiger partial charge in [-0.3, -0.25) is 0 Å². The predicted octanol–water partition coefficient (Wildman–Crippen LogP) is 2.01. The molecule has 0 saturated carbocycles. The predicted molar refractivity (Wildman–Crippen MR) is 52.5 cm³/mol. The van der Waals surface area contributed by atoms with Gasteiger partial charge < -0.3 is 0 Å². The zero-order valence-corrected chi connectivity index (χ0v) is 8.85. The summed E-state index contributed by atoms with van der Waals surface area (Å²) >= 11 is 0. The molecule has 0 N–H and O–H groups in total. The Morgan fingerprint density at radius 2 is 2.00 bits per heavy atom. The van der Waals surface area contributed by atoms with Crippen LogP contribution in [0.4, 0.5) is 0 Å². The molecule has 0 aromatic heterocycles. The molecule has 0 aliphatic heterocycles.